The maximum atomic E-state index is 12.9. The summed E-state index contributed by atoms with van der Waals surface area (Å²) in [7, 11) is 1.67. The number of hydrogen-bond acceptors (Lipinski definition) is 10. The van der Waals surface area contributed by atoms with Crippen molar-refractivity contribution in [3.05, 3.63) is 47.2 Å². The van der Waals surface area contributed by atoms with Gasteiger partial charge in [-0.2, -0.15) is 0 Å². The number of carboxylic acid groups (broad SMARTS) is 1. The normalized spacial score (nSPS) is 19.7. The van der Waals surface area contributed by atoms with Crippen molar-refractivity contribution in [1.82, 2.24) is 30.4 Å². The molecule has 15 heteroatoms. The molecule has 3 atom stereocenters. The molecule has 2 amide bonds. The van der Waals surface area contributed by atoms with Gasteiger partial charge < -0.3 is 15.2 Å². The SMILES string of the molecule is CC(=O)O[C@@H](C(=O)N[C@@H]1C(=O)N2C(C(=O)O)=C(CSc3nnnn3C)CS[C@H]12)c1ccccc1.[Na]. The number of carbonyl (C=O) groups is 4. The summed E-state index contributed by atoms with van der Waals surface area (Å²) in [5.41, 5.74) is 0.919. The van der Waals surface area contributed by atoms with Gasteiger partial charge in [-0.25, -0.2) is 9.48 Å². The zero-order chi connectivity index (χ0) is 24.4. The predicted molar refractivity (Wildman–Crippen MR) is 126 cm³/mol. The van der Waals surface area contributed by atoms with E-state index in [1.165, 1.54) is 40.0 Å². The molecule has 0 unspecified atom stereocenters. The maximum Gasteiger partial charge on any atom is 0.352 e. The van der Waals surface area contributed by atoms with Gasteiger partial charge in [-0.05, 0) is 16.0 Å². The molecular weight excluding hydrogens is 507 g/mol. The zero-order valence-electron chi connectivity index (χ0n) is 19.1. The van der Waals surface area contributed by atoms with Crippen molar-refractivity contribution >= 4 is 76.8 Å². The van der Waals surface area contributed by atoms with Gasteiger partial charge in [-0.3, -0.25) is 19.3 Å². The number of aromatic nitrogens is 4. The van der Waals surface area contributed by atoms with E-state index >= 15 is 0 Å². The standard InChI is InChI=1S/C20H20N6O6S2.Na/c1-10(27)32-15(11-6-4-3-5-7-11)16(28)21-13-17(29)26-14(19(30)31)12(8-33-18(13)26)9-34-20-22-23-24-25(20)2;/h3-7,13,15,18H,8-9H2,1-2H3,(H,21,28)(H,30,31);/t13-,15-,18-;/m1./s1. The third-order valence-corrected chi connectivity index (χ3v) is 7.57. The summed E-state index contributed by atoms with van der Waals surface area (Å²) in [5.74, 6) is -2.42. The molecule has 0 aliphatic carbocycles. The number of nitrogens with zero attached hydrogens (tertiary/aromatic N) is 5. The number of aryl methyl sites for hydroxylation is 1. The summed E-state index contributed by atoms with van der Waals surface area (Å²) < 4.78 is 6.65. The largest absolute Gasteiger partial charge is 0.477 e. The number of esters is 1. The van der Waals surface area contributed by atoms with E-state index in [1.54, 1.807) is 37.4 Å². The molecule has 1 fully saturated rings. The number of benzene rings is 1. The fourth-order valence-corrected chi connectivity index (χ4v) is 5.92. The smallest absolute Gasteiger partial charge is 0.352 e. The number of β-lactam (4-membered cyclic amide) rings is 1. The van der Waals surface area contributed by atoms with Crippen LogP contribution in [0.25, 0.3) is 0 Å². The minimum Gasteiger partial charge on any atom is -0.477 e. The number of fused-ring (bicyclic) bond motifs is 1. The molecule has 0 spiro atoms. The van der Waals surface area contributed by atoms with Crippen LogP contribution in [0.15, 0.2) is 46.8 Å². The van der Waals surface area contributed by atoms with Gasteiger partial charge in [-0.15, -0.1) is 16.9 Å². The van der Waals surface area contributed by atoms with Crippen molar-refractivity contribution in [3.63, 3.8) is 0 Å². The van der Waals surface area contributed by atoms with Gasteiger partial charge >= 0.3 is 11.9 Å². The Morgan fingerprint density at radius 1 is 1.31 bits per heavy atom. The van der Waals surface area contributed by atoms with E-state index < -0.39 is 41.3 Å². The van der Waals surface area contributed by atoms with Gasteiger partial charge in [0.05, 0.1) is 0 Å². The Balaban J connectivity index is 0.00000342. The van der Waals surface area contributed by atoms with E-state index in [1.807, 2.05) is 0 Å². The Morgan fingerprint density at radius 2 is 2.03 bits per heavy atom. The first-order valence-electron chi connectivity index (χ1n) is 10.1. The summed E-state index contributed by atoms with van der Waals surface area (Å²) in [4.78, 5) is 50.6. The molecule has 4 rings (SSSR count). The average molecular weight is 528 g/mol. The summed E-state index contributed by atoms with van der Waals surface area (Å²) in [6.45, 7) is 1.19. The molecule has 1 saturated heterocycles. The van der Waals surface area contributed by atoms with Gasteiger partial charge in [0, 0.05) is 60.6 Å². The van der Waals surface area contributed by atoms with Crippen LogP contribution in [-0.4, -0.2) is 106 Å². The first-order valence-corrected chi connectivity index (χ1v) is 12.1. The summed E-state index contributed by atoms with van der Waals surface area (Å²) in [6, 6.07) is 7.50. The Labute approximate surface area is 230 Å². The number of carboxylic acids is 1. The second kappa shape index (κ2) is 11.6. The molecule has 2 aliphatic heterocycles. The Kier molecular flexibility index (Phi) is 8.99. The molecular formula is C20H20N6NaO6S2. The van der Waals surface area contributed by atoms with Crippen LogP contribution in [-0.2, 0) is 31.0 Å². The van der Waals surface area contributed by atoms with E-state index in [-0.39, 0.29) is 35.3 Å². The van der Waals surface area contributed by atoms with Crippen LogP contribution in [0.1, 0.15) is 18.6 Å². The number of tetrazole rings is 1. The topological polar surface area (TPSA) is 157 Å². The molecule has 179 valence electrons. The molecule has 0 bridgehead atoms. The third kappa shape index (κ3) is 5.72. The number of rotatable bonds is 8. The number of hydrogen-bond donors (Lipinski definition) is 2. The first-order chi connectivity index (χ1) is 16.3. The predicted octanol–water partition coefficient (Wildman–Crippen LogP) is -0.0356. The first kappa shape index (κ1) is 27.2. The maximum absolute atomic E-state index is 12.9. The van der Waals surface area contributed by atoms with Crippen molar-refractivity contribution in [3.8, 4) is 0 Å². The van der Waals surface area contributed by atoms with Crippen LogP contribution >= 0.6 is 23.5 Å². The summed E-state index contributed by atoms with van der Waals surface area (Å²) in [6.07, 6.45) is -1.23. The monoisotopic (exact) mass is 527 g/mol. The van der Waals surface area contributed by atoms with E-state index in [0.717, 1.165) is 0 Å². The minimum atomic E-state index is -1.23. The van der Waals surface area contributed by atoms with E-state index in [0.29, 0.717) is 27.8 Å². The van der Waals surface area contributed by atoms with E-state index in [9.17, 15) is 24.3 Å². The molecule has 0 saturated carbocycles. The average Bonchev–Trinajstić information content (AvgIpc) is 3.23. The molecule has 1 aromatic heterocycles. The number of thioether (sulfide) groups is 2. The van der Waals surface area contributed by atoms with Gasteiger partial charge in [-0.1, -0.05) is 42.1 Å². The molecule has 2 N–H and O–H groups in total. The molecule has 1 aromatic carbocycles. The number of ether oxygens (including phenoxy) is 1. The number of aliphatic carboxylic acids is 1. The Bertz CT molecular complexity index is 1180. The molecule has 2 aliphatic rings. The number of carbonyl (C=O) groups excluding carboxylic acids is 3. The molecule has 3 heterocycles. The van der Waals surface area contributed by atoms with Crippen LogP contribution in [0.4, 0.5) is 0 Å². The quantitative estimate of drug-likeness (QED) is 0.206. The van der Waals surface area contributed by atoms with Gasteiger partial charge in [0.1, 0.15) is 17.1 Å². The van der Waals surface area contributed by atoms with Gasteiger partial charge in [0.2, 0.25) is 11.3 Å². The third-order valence-electron chi connectivity index (χ3n) is 5.13. The van der Waals surface area contributed by atoms with Crippen molar-refractivity contribution in [2.24, 2.45) is 7.05 Å². The number of nitrogens with one attached hydrogen (secondary N) is 1. The second-order valence-electron chi connectivity index (χ2n) is 7.43. The fourth-order valence-electron chi connectivity index (χ4n) is 3.59. The summed E-state index contributed by atoms with van der Waals surface area (Å²) >= 11 is 2.61. The van der Waals surface area contributed by atoms with Crippen molar-refractivity contribution in [1.29, 1.82) is 0 Å². The van der Waals surface area contributed by atoms with Crippen LogP contribution in [0.5, 0.6) is 0 Å². The minimum absolute atomic E-state index is 0. The molecule has 2 aromatic rings. The zero-order valence-corrected chi connectivity index (χ0v) is 22.7. The van der Waals surface area contributed by atoms with Crippen LogP contribution in [0.2, 0.25) is 0 Å². The van der Waals surface area contributed by atoms with E-state index in [2.05, 4.69) is 20.8 Å². The molecule has 1 radical (unpaired) electrons. The van der Waals surface area contributed by atoms with E-state index in [4.69, 9.17) is 4.74 Å². The molecule has 12 nitrogen and oxygen atoms in total. The van der Waals surface area contributed by atoms with Gasteiger partial charge in [0.15, 0.2) is 0 Å². The second-order valence-corrected chi connectivity index (χ2v) is 9.47. The Hall–Kier alpha value is -2.39. The van der Waals surface area contributed by atoms with Crippen LogP contribution in [0, 0.1) is 0 Å². The van der Waals surface area contributed by atoms with Crippen molar-refractivity contribution in [2.45, 2.75) is 29.6 Å². The fraction of sp³-hybridized carbons (Fsp3) is 0.350. The van der Waals surface area contributed by atoms with Crippen LogP contribution in [0.3, 0.4) is 0 Å². The van der Waals surface area contributed by atoms with Crippen molar-refractivity contribution < 1.29 is 29.0 Å². The van der Waals surface area contributed by atoms with Crippen molar-refractivity contribution in [2.75, 3.05) is 11.5 Å². The summed E-state index contributed by atoms with van der Waals surface area (Å²) in [5, 5.41) is 23.5. The van der Waals surface area contributed by atoms with Gasteiger partial charge in [0.25, 0.3) is 11.8 Å². The Morgan fingerprint density at radius 3 is 2.63 bits per heavy atom. The molecule has 35 heavy (non-hydrogen) atoms. The number of amides is 2. The van der Waals surface area contributed by atoms with Crippen LogP contribution < -0.4 is 5.32 Å².